The van der Waals surface area contributed by atoms with Gasteiger partial charge in [0.25, 0.3) is 0 Å². The van der Waals surface area contributed by atoms with Crippen molar-refractivity contribution in [2.24, 2.45) is 34.5 Å². The number of Topliss-reactive ketones (excluding diaryl/α,β-unsaturated/α-hetero) is 2. The maximum atomic E-state index is 12.9. The number of fused-ring (bicyclic) bond motifs is 5. The number of carbonyl (C=O) groups is 2. The van der Waals surface area contributed by atoms with Gasteiger partial charge in [-0.15, -0.1) is 0 Å². The minimum Gasteiger partial charge on any atom is -0.299 e. The number of hydrogen-bond acceptors (Lipinski definition) is 2. The molecular weight excluding hydrogens is 260 g/mol. The maximum absolute atomic E-state index is 12.9. The highest BCUT2D eigenvalue weighted by Crippen LogP contribution is 2.64. The molecule has 21 heavy (non-hydrogen) atoms. The second-order valence-electron chi connectivity index (χ2n) is 8.78. The highest BCUT2D eigenvalue weighted by atomic mass is 16.1. The Morgan fingerprint density at radius 2 is 1.76 bits per heavy atom. The molecule has 4 rings (SSSR count). The minimum absolute atomic E-state index is 0.172. The van der Waals surface area contributed by atoms with Crippen LogP contribution < -0.4 is 0 Å². The maximum Gasteiger partial charge on any atom is 0.139 e. The Morgan fingerprint density at radius 3 is 2.57 bits per heavy atom. The second-order valence-corrected chi connectivity index (χ2v) is 8.78. The van der Waals surface area contributed by atoms with Crippen molar-refractivity contribution in [1.29, 1.82) is 0 Å². The van der Waals surface area contributed by atoms with Crippen molar-refractivity contribution in [1.82, 2.24) is 0 Å². The van der Waals surface area contributed by atoms with E-state index in [1.54, 1.807) is 0 Å². The van der Waals surface area contributed by atoms with Gasteiger partial charge >= 0.3 is 0 Å². The summed E-state index contributed by atoms with van der Waals surface area (Å²) in [6.07, 6.45) is 9.86. The van der Waals surface area contributed by atoms with Crippen LogP contribution in [0.3, 0.4) is 0 Å². The van der Waals surface area contributed by atoms with Crippen LogP contribution in [0.15, 0.2) is 0 Å². The third-order valence-electron chi connectivity index (χ3n) is 8.10. The van der Waals surface area contributed by atoms with Crippen LogP contribution in [0.2, 0.25) is 0 Å². The van der Waals surface area contributed by atoms with Gasteiger partial charge in [0.2, 0.25) is 0 Å². The molecule has 0 amide bonds. The first-order chi connectivity index (χ1) is 9.97. The van der Waals surface area contributed by atoms with Crippen LogP contribution in [0, 0.1) is 34.5 Å². The van der Waals surface area contributed by atoms with E-state index in [4.69, 9.17) is 0 Å². The first-order valence-electron chi connectivity index (χ1n) is 9.03. The molecule has 0 aromatic rings. The Labute approximate surface area is 128 Å². The highest BCUT2D eigenvalue weighted by molar-refractivity contribution is 5.90. The SMILES string of the molecule is C[C@]12CCCC[C@@H]1CC(=O)[C@H]1[C@H]2CC[C@@]2(C)C(=O)CC[C@H]12. The van der Waals surface area contributed by atoms with E-state index in [9.17, 15) is 9.59 Å². The zero-order valence-electron chi connectivity index (χ0n) is 13.5. The van der Waals surface area contributed by atoms with E-state index in [1.807, 2.05) is 0 Å². The molecule has 4 saturated carbocycles. The summed E-state index contributed by atoms with van der Waals surface area (Å²) in [4.78, 5) is 25.3. The molecule has 2 heteroatoms. The molecule has 0 N–H and O–H groups in total. The summed E-state index contributed by atoms with van der Waals surface area (Å²) in [5.41, 5.74) is 0.207. The third kappa shape index (κ3) is 1.71. The van der Waals surface area contributed by atoms with E-state index in [-0.39, 0.29) is 11.3 Å². The van der Waals surface area contributed by atoms with Crippen molar-refractivity contribution in [2.45, 2.75) is 71.6 Å². The van der Waals surface area contributed by atoms with Crippen molar-refractivity contribution < 1.29 is 9.59 Å². The van der Waals surface area contributed by atoms with Crippen molar-refractivity contribution in [2.75, 3.05) is 0 Å². The van der Waals surface area contributed by atoms with E-state index in [1.165, 1.54) is 25.7 Å². The van der Waals surface area contributed by atoms with Gasteiger partial charge in [-0.25, -0.2) is 0 Å². The Kier molecular flexibility index (Phi) is 2.94. The molecule has 4 aliphatic carbocycles. The number of hydrogen-bond donors (Lipinski definition) is 0. The summed E-state index contributed by atoms with van der Waals surface area (Å²) in [6, 6.07) is 0. The van der Waals surface area contributed by atoms with Crippen LogP contribution in [0.4, 0.5) is 0 Å². The van der Waals surface area contributed by atoms with Gasteiger partial charge in [0.1, 0.15) is 11.6 Å². The molecule has 4 fully saturated rings. The van der Waals surface area contributed by atoms with Crippen molar-refractivity contribution >= 4 is 11.6 Å². The van der Waals surface area contributed by atoms with Crippen molar-refractivity contribution in [3.8, 4) is 0 Å². The Bertz CT molecular complexity index is 496. The number of rotatable bonds is 0. The van der Waals surface area contributed by atoms with Crippen LogP contribution >= 0.6 is 0 Å². The number of carbonyl (C=O) groups excluding carboxylic acids is 2. The lowest BCUT2D eigenvalue weighted by atomic mass is 9.45. The Hall–Kier alpha value is -0.660. The largest absolute Gasteiger partial charge is 0.299 e. The van der Waals surface area contributed by atoms with Crippen LogP contribution in [-0.4, -0.2) is 11.6 Å². The molecule has 4 aliphatic rings. The molecule has 116 valence electrons. The lowest BCUT2D eigenvalue weighted by molar-refractivity contribution is -0.156. The molecule has 0 aromatic heterocycles. The fourth-order valence-corrected chi connectivity index (χ4v) is 6.74. The monoisotopic (exact) mass is 288 g/mol. The minimum atomic E-state index is -0.172. The first kappa shape index (κ1) is 14.0. The summed E-state index contributed by atoms with van der Waals surface area (Å²) < 4.78 is 0. The van der Waals surface area contributed by atoms with E-state index in [0.29, 0.717) is 34.7 Å². The quantitative estimate of drug-likeness (QED) is 0.670. The van der Waals surface area contributed by atoms with Gasteiger partial charge in [0.05, 0.1) is 0 Å². The first-order valence-corrected chi connectivity index (χ1v) is 9.03. The van der Waals surface area contributed by atoms with E-state index < -0.39 is 0 Å². The summed E-state index contributed by atoms with van der Waals surface area (Å²) in [5.74, 6) is 2.70. The molecule has 0 saturated heterocycles. The van der Waals surface area contributed by atoms with Gasteiger partial charge in [-0.2, -0.15) is 0 Å². The predicted octanol–water partition coefficient (Wildman–Crippen LogP) is 4.17. The molecule has 0 aromatic carbocycles. The van der Waals surface area contributed by atoms with Gasteiger partial charge < -0.3 is 0 Å². The molecule has 6 atom stereocenters. The lowest BCUT2D eigenvalue weighted by Crippen LogP contribution is -2.56. The van der Waals surface area contributed by atoms with Crippen LogP contribution in [0.5, 0.6) is 0 Å². The van der Waals surface area contributed by atoms with E-state index in [2.05, 4.69) is 13.8 Å². The van der Waals surface area contributed by atoms with Crippen molar-refractivity contribution in [3.05, 3.63) is 0 Å². The summed E-state index contributed by atoms with van der Waals surface area (Å²) in [6.45, 7) is 4.63. The normalized spacial score (nSPS) is 53.0. The molecule has 0 spiro atoms. The topological polar surface area (TPSA) is 34.1 Å². The predicted molar refractivity (Wildman–Crippen MR) is 81.7 cm³/mol. The average molecular weight is 288 g/mol. The fourth-order valence-electron chi connectivity index (χ4n) is 6.74. The third-order valence-corrected chi connectivity index (χ3v) is 8.10. The molecule has 0 aliphatic heterocycles. The molecule has 0 radical (unpaired) electrons. The standard InChI is InChI=1S/C19H28O2/c1-18-9-4-3-5-12(18)11-15(20)17-13-6-7-16(21)19(13,2)10-8-14(17)18/h12-14,17H,3-11H2,1-2H3/t12-,13-,14-,17-,18+,19-/m1/s1. The lowest BCUT2D eigenvalue weighted by Gasteiger charge is -2.58. The summed E-state index contributed by atoms with van der Waals surface area (Å²) in [7, 11) is 0. The Balaban J connectivity index is 1.72. The average Bonchev–Trinajstić information content (AvgIpc) is 2.76. The van der Waals surface area contributed by atoms with Gasteiger partial charge in [-0.1, -0.05) is 26.7 Å². The highest BCUT2D eigenvalue weighted by Gasteiger charge is 2.62. The molecule has 0 heterocycles. The van der Waals surface area contributed by atoms with Crippen LogP contribution in [-0.2, 0) is 9.59 Å². The zero-order valence-corrected chi connectivity index (χ0v) is 13.5. The van der Waals surface area contributed by atoms with Gasteiger partial charge in [-0.05, 0) is 55.3 Å². The zero-order chi connectivity index (χ0) is 14.8. The fraction of sp³-hybridized carbons (Fsp3) is 0.895. The molecule has 0 unspecified atom stereocenters. The van der Waals surface area contributed by atoms with Gasteiger partial charge in [0, 0.05) is 24.2 Å². The second kappa shape index (κ2) is 4.43. The van der Waals surface area contributed by atoms with Crippen molar-refractivity contribution in [3.63, 3.8) is 0 Å². The number of ketones is 2. The summed E-state index contributed by atoms with van der Waals surface area (Å²) in [5, 5.41) is 0. The molecule has 2 nitrogen and oxygen atoms in total. The van der Waals surface area contributed by atoms with Gasteiger partial charge in [-0.3, -0.25) is 9.59 Å². The van der Waals surface area contributed by atoms with Gasteiger partial charge in [0.15, 0.2) is 0 Å². The summed E-state index contributed by atoms with van der Waals surface area (Å²) >= 11 is 0. The molecule has 0 bridgehead atoms. The van der Waals surface area contributed by atoms with E-state index in [0.717, 1.165) is 32.1 Å². The van der Waals surface area contributed by atoms with Crippen LogP contribution in [0.1, 0.15) is 71.6 Å². The van der Waals surface area contributed by atoms with E-state index >= 15 is 0 Å². The van der Waals surface area contributed by atoms with Crippen LogP contribution in [0.25, 0.3) is 0 Å². The Morgan fingerprint density at radius 1 is 0.952 bits per heavy atom. The smallest absolute Gasteiger partial charge is 0.139 e. The molecular formula is C19H28O2.